The van der Waals surface area contributed by atoms with Gasteiger partial charge in [0.05, 0.1) is 23.1 Å². The standard InChI is InChI=1S/C20H17ClN2O4/c1-2-26-20(25)12-9-18(24)23(11-12)13-7-8-17-16(10-13)22-19(27-17)14-5-3-4-6-15(14)21/h3-8,10,12H,2,9,11H2,1H3. The Kier molecular flexibility index (Phi) is 4.58. The van der Waals surface area contributed by atoms with Crippen molar-refractivity contribution >= 4 is 40.3 Å². The average Bonchev–Trinajstić information content (AvgIpc) is 3.25. The number of fused-ring (bicyclic) bond motifs is 1. The molecule has 27 heavy (non-hydrogen) atoms. The topological polar surface area (TPSA) is 72.6 Å². The van der Waals surface area contributed by atoms with Gasteiger partial charge in [-0.25, -0.2) is 4.98 Å². The van der Waals surface area contributed by atoms with Crippen molar-refractivity contribution in [1.29, 1.82) is 0 Å². The number of amides is 1. The molecule has 0 aliphatic carbocycles. The molecule has 1 unspecified atom stereocenters. The van der Waals surface area contributed by atoms with Gasteiger partial charge in [0.25, 0.3) is 0 Å². The number of rotatable bonds is 4. The Morgan fingerprint density at radius 2 is 2.15 bits per heavy atom. The third-order valence-electron chi connectivity index (χ3n) is 4.53. The normalized spacial score (nSPS) is 16.9. The van der Waals surface area contributed by atoms with Crippen LogP contribution in [0.3, 0.4) is 0 Å². The van der Waals surface area contributed by atoms with Gasteiger partial charge >= 0.3 is 5.97 Å². The second-order valence-corrected chi connectivity index (χ2v) is 6.72. The van der Waals surface area contributed by atoms with E-state index in [0.29, 0.717) is 46.4 Å². The summed E-state index contributed by atoms with van der Waals surface area (Å²) in [5, 5.41) is 0.552. The second kappa shape index (κ2) is 7.04. The molecular formula is C20H17ClN2O4. The number of anilines is 1. The van der Waals surface area contributed by atoms with Crippen molar-refractivity contribution in [2.75, 3.05) is 18.1 Å². The van der Waals surface area contributed by atoms with Gasteiger partial charge in [-0.2, -0.15) is 0 Å². The molecule has 0 N–H and O–H groups in total. The van der Waals surface area contributed by atoms with Gasteiger partial charge < -0.3 is 14.1 Å². The van der Waals surface area contributed by atoms with Crippen LogP contribution in [0.2, 0.25) is 5.02 Å². The molecule has 0 saturated carbocycles. The molecule has 1 amide bonds. The fraction of sp³-hybridized carbons (Fsp3) is 0.250. The Morgan fingerprint density at radius 3 is 2.93 bits per heavy atom. The predicted octanol–water partition coefficient (Wildman–Crippen LogP) is 4.06. The minimum Gasteiger partial charge on any atom is -0.466 e. The van der Waals surface area contributed by atoms with Crippen molar-refractivity contribution in [3.8, 4) is 11.5 Å². The molecule has 1 aliphatic rings. The lowest BCUT2D eigenvalue weighted by Crippen LogP contribution is -2.26. The zero-order valence-electron chi connectivity index (χ0n) is 14.6. The van der Waals surface area contributed by atoms with E-state index in [-0.39, 0.29) is 18.3 Å². The molecule has 7 heteroatoms. The number of benzene rings is 2. The molecule has 2 heterocycles. The Balaban J connectivity index is 1.63. The monoisotopic (exact) mass is 384 g/mol. The summed E-state index contributed by atoms with van der Waals surface area (Å²) in [6, 6.07) is 12.6. The first-order valence-corrected chi connectivity index (χ1v) is 9.07. The summed E-state index contributed by atoms with van der Waals surface area (Å²) in [4.78, 5) is 30.4. The molecule has 0 spiro atoms. The number of nitrogens with zero attached hydrogens (tertiary/aromatic N) is 2. The van der Waals surface area contributed by atoms with Crippen molar-refractivity contribution in [1.82, 2.24) is 4.98 Å². The van der Waals surface area contributed by atoms with Crippen LogP contribution < -0.4 is 4.90 Å². The number of halogens is 1. The Morgan fingerprint density at radius 1 is 1.33 bits per heavy atom. The van der Waals surface area contributed by atoms with Crippen molar-refractivity contribution in [2.45, 2.75) is 13.3 Å². The van der Waals surface area contributed by atoms with E-state index in [1.165, 1.54) is 0 Å². The van der Waals surface area contributed by atoms with Crippen LogP contribution in [0.1, 0.15) is 13.3 Å². The molecule has 1 aromatic heterocycles. The minimum absolute atomic E-state index is 0.109. The summed E-state index contributed by atoms with van der Waals surface area (Å²) >= 11 is 6.22. The maximum Gasteiger partial charge on any atom is 0.311 e. The van der Waals surface area contributed by atoms with Gasteiger partial charge in [-0.05, 0) is 37.3 Å². The van der Waals surface area contributed by atoms with E-state index in [4.69, 9.17) is 20.8 Å². The molecule has 1 atom stereocenters. The van der Waals surface area contributed by atoms with E-state index in [0.717, 1.165) is 0 Å². The van der Waals surface area contributed by atoms with Crippen LogP contribution in [0.15, 0.2) is 46.9 Å². The lowest BCUT2D eigenvalue weighted by atomic mass is 10.1. The quantitative estimate of drug-likeness (QED) is 0.634. The Labute approximate surface area is 160 Å². The zero-order chi connectivity index (χ0) is 19.0. The number of carbonyl (C=O) groups excluding carboxylic acids is 2. The van der Waals surface area contributed by atoms with Crippen molar-refractivity contribution < 1.29 is 18.7 Å². The maximum atomic E-state index is 12.4. The van der Waals surface area contributed by atoms with E-state index in [9.17, 15) is 9.59 Å². The molecule has 0 radical (unpaired) electrons. The number of oxazole rings is 1. The summed E-state index contributed by atoms with van der Waals surface area (Å²) < 4.78 is 10.8. The molecule has 138 valence electrons. The van der Waals surface area contributed by atoms with Gasteiger partial charge in [-0.3, -0.25) is 9.59 Å². The highest BCUT2D eigenvalue weighted by molar-refractivity contribution is 6.33. The smallest absolute Gasteiger partial charge is 0.311 e. The highest BCUT2D eigenvalue weighted by Crippen LogP contribution is 2.33. The summed E-state index contributed by atoms with van der Waals surface area (Å²) in [5.41, 5.74) is 2.60. The minimum atomic E-state index is -0.441. The molecule has 2 aromatic carbocycles. The highest BCUT2D eigenvalue weighted by Gasteiger charge is 2.36. The molecule has 1 fully saturated rings. The van der Waals surface area contributed by atoms with Gasteiger partial charge in [0.15, 0.2) is 5.58 Å². The van der Waals surface area contributed by atoms with Gasteiger partial charge in [0.2, 0.25) is 11.8 Å². The SMILES string of the molecule is CCOC(=O)C1CC(=O)N(c2ccc3oc(-c4ccccc4Cl)nc3c2)C1. The Hall–Kier alpha value is -2.86. The van der Waals surface area contributed by atoms with Gasteiger partial charge in [-0.1, -0.05) is 23.7 Å². The van der Waals surface area contributed by atoms with E-state index < -0.39 is 5.92 Å². The van der Waals surface area contributed by atoms with Crippen LogP contribution in [-0.4, -0.2) is 30.0 Å². The molecule has 6 nitrogen and oxygen atoms in total. The number of ether oxygens (including phenoxy) is 1. The number of hydrogen-bond donors (Lipinski definition) is 0. The van der Waals surface area contributed by atoms with Crippen molar-refractivity contribution in [2.24, 2.45) is 5.92 Å². The molecule has 4 rings (SSSR count). The second-order valence-electron chi connectivity index (χ2n) is 6.31. The first kappa shape index (κ1) is 17.5. The van der Waals surface area contributed by atoms with Crippen LogP contribution >= 0.6 is 11.6 Å². The van der Waals surface area contributed by atoms with Crippen LogP contribution in [0, 0.1) is 5.92 Å². The first-order chi connectivity index (χ1) is 13.1. The lowest BCUT2D eigenvalue weighted by molar-refractivity contribution is -0.147. The summed E-state index contributed by atoms with van der Waals surface area (Å²) in [6.45, 7) is 2.36. The summed E-state index contributed by atoms with van der Waals surface area (Å²) in [6.07, 6.45) is 0.153. The number of carbonyl (C=O) groups is 2. The van der Waals surface area contributed by atoms with E-state index >= 15 is 0 Å². The first-order valence-electron chi connectivity index (χ1n) is 8.69. The molecule has 3 aromatic rings. The molecule has 1 aliphatic heterocycles. The fourth-order valence-corrected chi connectivity index (χ4v) is 3.43. The van der Waals surface area contributed by atoms with Crippen molar-refractivity contribution in [3.63, 3.8) is 0 Å². The summed E-state index contributed by atoms with van der Waals surface area (Å²) in [5.74, 6) is -0.465. The lowest BCUT2D eigenvalue weighted by Gasteiger charge is -2.16. The zero-order valence-corrected chi connectivity index (χ0v) is 15.4. The van der Waals surface area contributed by atoms with Gasteiger partial charge in [0, 0.05) is 18.7 Å². The van der Waals surface area contributed by atoms with Gasteiger partial charge in [0.1, 0.15) is 5.52 Å². The van der Waals surface area contributed by atoms with Crippen LogP contribution in [0.5, 0.6) is 0 Å². The van der Waals surface area contributed by atoms with E-state index in [1.54, 1.807) is 36.1 Å². The molecular weight excluding hydrogens is 368 g/mol. The number of hydrogen-bond acceptors (Lipinski definition) is 5. The van der Waals surface area contributed by atoms with E-state index in [1.807, 2.05) is 18.2 Å². The van der Waals surface area contributed by atoms with E-state index in [2.05, 4.69) is 4.98 Å². The fourth-order valence-electron chi connectivity index (χ4n) is 3.21. The van der Waals surface area contributed by atoms with Crippen molar-refractivity contribution in [3.05, 3.63) is 47.5 Å². The largest absolute Gasteiger partial charge is 0.466 e. The Bertz CT molecular complexity index is 1030. The van der Waals surface area contributed by atoms with Gasteiger partial charge in [-0.15, -0.1) is 0 Å². The number of esters is 1. The third kappa shape index (κ3) is 3.28. The third-order valence-corrected chi connectivity index (χ3v) is 4.86. The van der Waals surface area contributed by atoms with Crippen LogP contribution in [0.25, 0.3) is 22.6 Å². The molecule has 0 bridgehead atoms. The molecule has 1 saturated heterocycles. The maximum absolute atomic E-state index is 12.4. The average molecular weight is 385 g/mol. The number of aromatic nitrogens is 1. The van der Waals surface area contributed by atoms with Crippen LogP contribution in [0.4, 0.5) is 5.69 Å². The highest BCUT2D eigenvalue weighted by atomic mass is 35.5. The summed E-state index contributed by atoms with van der Waals surface area (Å²) in [7, 11) is 0. The predicted molar refractivity (Wildman–Crippen MR) is 102 cm³/mol. The van der Waals surface area contributed by atoms with Crippen LogP contribution in [-0.2, 0) is 14.3 Å².